The minimum absolute atomic E-state index is 0.520. The van der Waals surface area contributed by atoms with Gasteiger partial charge >= 0.3 is 29.2 Å². The smallest absolute Gasteiger partial charge is 0.387 e. The fraction of sp³-hybridized carbons (Fsp3) is 0.600. The third-order valence-electron chi connectivity index (χ3n) is 3.83. The first-order valence-electron chi connectivity index (χ1n) is 7.94. The van der Waals surface area contributed by atoms with Crippen LogP contribution in [0, 0.1) is 5.53 Å². The molecule has 18 nitrogen and oxygen atoms in total. The molecule has 0 bridgehead atoms. The van der Waals surface area contributed by atoms with Gasteiger partial charge in [0.25, 0.3) is 5.56 Å². The van der Waals surface area contributed by atoms with E-state index < -0.39 is 72.0 Å². The van der Waals surface area contributed by atoms with Crippen LogP contribution in [0.1, 0.15) is 6.23 Å². The molecular formula is C10H16FN4O14P3. The van der Waals surface area contributed by atoms with Gasteiger partial charge in [-0.3, -0.25) is 18.9 Å². The van der Waals surface area contributed by atoms with E-state index in [1.807, 2.05) is 0 Å². The number of aliphatic hydroxyl groups excluding tert-OH is 1. The van der Waals surface area contributed by atoms with E-state index in [0.717, 1.165) is 12.3 Å². The Bertz CT molecular complexity index is 1120. The monoisotopic (exact) mass is 528 g/mol. The van der Waals surface area contributed by atoms with Gasteiger partial charge in [0.1, 0.15) is 11.7 Å². The van der Waals surface area contributed by atoms with Crippen molar-refractivity contribution in [3.63, 3.8) is 0 Å². The van der Waals surface area contributed by atoms with Gasteiger partial charge in [-0.15, -0.1) is 0 Å². The highest BCUT2D eigenvalue weighted by molar-refractivity contribution is 7.66. The number of aromatic nitrogens is 2. The van der Waals surface area contributed by atoms with Crippen LogP contribution in [0.2, 0.25) is 0 Å². The fourth-order valence-electron chi connectivity index (χ4n) is 2.58. The molecule has 0 saturated carbocycles. The van der Waals surface area contributed by atoms with E-state index in [-0.39, 0.29) is 0 Å². The first-order valence-corrected chi connectivity index (χ1v) is 12.5. The Balaban J connectivity index is 2.26. The molecule has 2 rings (SSSR count). The summed E-state index contributed by atoms with van der Waals surface area (Å²) in [5.74, 6) is 0. The van der Waals surface area contributed by atoms with Crippen LogP contribution in [0.3, 0.4) is 0 Å². The van der Waals surface area contributed by atoms with Crippen molar-refractivity contribution in [2.45, 2.75) is 24.1 Å². The molecule has 1 aromatic rings. The van der Waals surface area contributed by atoms with Crippen LogP contribution < -0.4 is 11.2 Å². The quantitative estimate of drug-likeness (QED) is 0.140. The highest BCUT2D eigenvalue weighted by Crippen LogP contribution is 2.66. The van der Waals surface area contributed by atoms with E-state index in [2.05, 4.69) is 18.3 Å². The van der Waals surface area contributed by atoms with Crippen LogP contribution in [-0.2, 0) is 31.6 Å². The number of rotatable bonds is 10. The molecule has 32 heavy (non-hydrogen) atoms. The zero-order valence-electron chi connectivity index (χ0n) is 15.3. The molecule has 2 heterocycles. The maximum absolute atomic E-state index is 14.7. The van der Waals surface area contributed by atoms with E-state index in [1.54, 1.807) is 4.98 Å². The van der Waals surface area contributed by atoms with Crippen molar-refractivity contribution < 1.29 is 60.6 Å². The number of hydrogen-bond acceptors (Lipinski definition) is 12. The number of alkyl halides is 1. The average Bonchev–Trinajstić information content (AvgIpc) is 2.83. The van der Waals surface area contributed by atoms with Gasteiger partial charge < -0.3 is 29.4 Å². The van der Waals surface area contributed by atoms with Crippen molar-refractivity contribution in [2.75, 3.05) is 13.2 Å². The molecule has 0 aromatic carbocycles. The maximum Gasteiger partial charge on any atom is 0.490 e. The summed E-state index contributed by atoms with van der Waals surface area (Å²) in [6.45, 7) is -2.26. The van der Waals surface area contributed by atoms with Crippen molar-refractivity contribution in [1.29, 1.82) is 5.53 Å². The standard InChI is InChI=1S/C10H16FN4O14P3/c11-6-7(17)10(3-13-12,27-8(6)15-2-1-5(16)14-9(15)18)4-26-31(22,23)29-32(24,25)28-30(19,20)21/h1-2,6-8,12,17H,3-4H2,(H,22,23)(H,24,25)(H,14,16,18)(H2,19,20,21)/t6-,7+,8-,10-/m1/s1. The average molecular weight is 528 g/mol. The number of H-pyrrole nitrogens is 1. The summed E-state index contributed by atoms with van der Waals surface area (Å²) >= 11 is 0. The van der Waals surface area contributed by atoms with Crippen LogP contribution in [0.4, 0.5) is 4.39 Å². The molecule has 0 radical (unpaired) electrons. The molecule has 0 spiro atoms. The molecule has 1 fully saturated rings. The SMILES string of the molecule is N=NC[C@]1(COP(=O)(O)OP(=O)(O)OP(=O)(O)O)O[C@@H](n2ccc(=O)[nH]c2=O)[C@H](F)[C@@H]1O. The Labute approximate surface area is 175 Å². The summed E-state index contributed by atoms with van der Waals surface area (Å²) in [5, 5.41) is 13.1. The van der Waals surface area contributed by atoms with Gasteiger partial charge in [-0.25, -0.2) is 28.4 Å². The van der Waals surface area contributed by atoms with E-state index in [1.165, 1.54) is 0 Å². The number of phosphoric ester groups is 1. The summed E-state index contributed by atoms with van der Waals surface area (Å²) < 4.78 is 65.7. The number of nitrogens with one attached hydrogen (secondary N) is 2. The van der Waals surface area contributed by atoms with Crippen LogP contribution in [0.25, 0.3) is 0 Å². The van der Waals surface area contributed by atoms with Crippen LogP contribution in [0.5, 0.6) is 0 Å². The van der Waals surface area contributed by atoms with Crippen molar-refractivity contribution in [2.24, 2.45) is 5.11 Å². The van der Waals surface area contributed by atoms with Crippen molar-refractivity contribution in [1.82, 2.24) is 9.55 Å². The van der Waals surface area contributed by atoms with Gasteiger partial charge in [0.05, 0.1) is 13.2 Å². The predicted molar refractivity (Wildman–Crippen MR) is 94.9 cm³/mol. The molecule has 182 valence electrons. The Kier molecular flexibility index (Phi) is 7.89. The summed E-state index contributed by atoms with van der Waals surface area (Å²) in [5.41, 5.74) is 2.55. The predicted octanol–water partition coefficient (Wildman–Crippen LogP) is -1.12. The largest absolute Gasteiger partial charge is 0.490 e. The second kappa shape index (κ2) is 9.42. The highest BCUT2D eigenvalue weighted by atomic mass is 31.3. The Hall–Kier alpha value is -1.46. The molecule has 1 aliphatic rings. The summed E-state index contributed by atoms with van der Waals surface area (Å²) in [4.78, 5) is 60.5. The molecule has 2 unspecified atom stereocenters. The number of halogens is 1. The molecular weight excluding hydrogens is 512 g/mol. The number of nitrogens with zero attached hydrogens (tertiary/aromatic N) is 2. The van der Waals surface area contributed by atoms with E-state index in [9.17, 15) is 37.7 Å². The molecule has 22 heteroatoms. The lowest BCUT2D eigenvalue weighted by Crippen LogP contribution is -2.48. The van der Waals surface area contributed by atoms with Gasteiger partial charge in [-0.1, -0.05) is 0 Å². The number of ether oxygens (including phenoxy) is 1. The molecule has 0 amide bonds. The van der Waals surface area contributed by atoms with Crippen LogP contribution in [-0.4, -0.2) is 65.3 Å². The molecule has 1 saturated heterocycles. The van der Waals surface area contributed by atoms with Gasteiger partial charge in [0.15, 0.2) is 12.4 Å². The first-order chi connectivity index (χ1) is 14.5. The van der Waals surface area contributed by atoms with E-state index in [0.29, 0.717) is 4.57 Å². The zero-order chi connectivity index (χ0) is 24.5. The third kappa shape index (κ3) is 6.54. The van der Waals surface area contributed by atoms with Gasteiger partial charge in [0.2, 0.25) is 0 Å². The molecule has 7 N–H and O–H groups in total. The second-order valence-electron chi connectivity index (χ2n) is 6.16. The molecule has 6 atom stereocenters. The number of phosphoric acid groups is 3. The lowest BCUT2D eigenvalue weighted by Gasteiger charge is -2.30. The number of aromatic amines is 1. The lowest BCUT2D eigenvalue weighted by molar-refractivity contribution is -0.121. The van der Waals surface area contributed by atoms with Crippen molar-refractivity contribution in [3.8, 4) is 0 Å². The topological polar surface area (TPSA) is 280 Å². The Morgan fingerprint density at radius 1 is 1.22 bits per heavy atom. The van der Waals surface area contributed by atoms with Gasteiger partial charge in [0, 0.05) is 12.3 Å². The van der Waals surface area contributed by atoms with Crippen LogP contribution >= 0.6 is 23.5 Å². The zero-order valence-corrected chi connectivity index (χ0v) is 18.0. The lowest BCUT2D eigenvalue weighted by atomic mass is 9.97. The number of aliphatic hydroxyl groups is 1. The van der Waals surface area contributed by atoms with Gasteiger partial charge in [-0.05, 0) is 0 Å². The Morgan fingerprint density at radius 3 is 2.38 bits per heavy atom. The minimum atomic E-state index is -5.85. The van der Waals surface area contributed by atoms with Crippen molar-refractivity contribution in [3.05, 3.63) is 33.1 Å². The van der Waals surface area contributed by atoms with Crippen LogP contribution in [0.15, 0.2) is 27.0 Å². The normalized spacial score (nSPS) is 29.9. The molecule has 0 aliphatic carbocycles. The minimum Gasteiger partial charge on any atom is -0.387 e. The van der Waals surface area contributed by atoms with Gasteiger partial charge in [-0.2, -0.15) is 13.7 Å². The number of hydrogen-bond donors (Lipinski definition) is 7. The van der Waals surface area contributed by atoms with E-state index in [4.69, 9.17) is 24.9 Å². The Morgan fingerprint density at radius 2 is 1.84 bits per heavy atom. The van der Waals surface area contributed by atoms with Crippen molar-refractivity contribution >= 4 is 23.5 Å². The highest BCUT2D eigenvalue weighted by Gasteiger charge is 2.57. The first kappa shape index (κ1) is 26.8. The molecule has 1 aliphatic heterocycles. The van der Waals surface area contributed by atoms with E-state index >= 15 is 0 Å². The second-order valence-corrected chi connectivity index (χ2v) is 10.6. The summed E-state index contributed by atoms with van der Waals surface area (Å²) in [7, 11) is -17.2. The third-order valence-corrected chi connectivity index (χ3v) is 7.61. The molecule has 1 aromatic heterocycles. The summed E-state index contributed by atoms with van der Waals surface area (Å²) in [6, 6.07) is 0.824. The fourth-order valence-corrected chi connectivity index (χ4v) is 5.66. The summed E-state index contributed by atoms with van der Waals surface area (Å²) in [6.07, 6.45) is -5.79. The maximum atomic E-state index is 14.7.